The van der Waals surface area contributed by atoms with E-state index in [4.69, 9.17) is 0 Å². The van der Waals surface area contributed by atoms with Gasteiger partial charge in [0.1, 0.15) is 0 Å². The molecule has 3 aromatic rings. The van der Waals surface area contributed by atoms with Gasteiger partial charge in [0.05, 0.1) is 20.8 Å². The molecule has 0 unspecified atom stereocenters. The van der Waals surface area contributed by atoms with Gasteiger partial charge in [-0.05, 0) is 30.2 Å². The molecule has 1 heterocycles. The maximum Gasteiger partial charge on any atom is 0.417 e. The van der Waals surface area contributed by atoms with Crippen molar-refractivity contribution in [2.45, 2.75) is 13.1 Å². The van der Waals surface area contributed by atoms with Crippen LogP contribution >= 0.6 is 11.3 Å². The second kappa shape index (κ2) is 4.59. The van der Waals surface area contributed by atoms with Gasteiger partial charge in [0, 0.05) is 0 Å². The molecule has 0 amide bonds. The van der Waals surface area contributed by atoms with E-state index in [0.29, 0.717) is 11.1 Å². The molecule has 1 aromatic heterocycles. The number of rotatable bonds is 1. The van der Waals surface area contributed by atoms with Crippen LogP contribution in [0.3, 0.4) is 0 Å². The van der Waals surface area contributed by atoms with Gasteiger partial charge in [0.2, 0.25) is 0 Å². The smallest absolute Gasteiger partial charge is 0.241 e. The van der Waals surface area contributed by atoms with Crippen molar-refractivity contribution in [1.82, 2.24) is 4.98 Å². The third kappa shape index (κ3) is 2.29. The molecule has 0 aliphatic rings. The van der Waals surface area contributed by atoms with E-state index in [1.807, 2.05) is 0 Å². The van der Waals surface area contributed by atoms with E-state index in [9.17, 15) is 13.2 Å². The number of hydrogen-bond donors (Lipinski definition) is 0. The topological polar surface area (TPSA) is 12.9 Å². The Morgan fingerprint density at radius 2 is 1.75 bits per heavy atom. The summed E-state index contributed by atoms with van der Waals surface area (Å²) in [7, 11) is 0. The fourth-order valence-corrected chi connectivity index (χ4v) is 3.03. The van der Waals surface area contributed by atoms with Gasteiger partial charge in [0.25, 0.3) is 0 Å². The highest BCUT2D eigenvalue weighted by atomic mass is 32.1. The molecule has 5 heteroatoms. The van der Waals surface area contributed by atoms with Gasteiger partial charge < -0.3 is 0 Å². The Morgan fingerprint density at radius 3 is 2.40 bits per heavy atom. The molecule has 0 radical (unpaired) electrons. The summed E-state index contributed by atoms with van der Waals surface area (Å²) in [6.45, 7) is 1.79. The zero-order valence-corrected chi connectivity index (χ0v) is 11.3. The van der Waals surface area contributed by atoms with Crippen LogP contribution in [-0.2, 0) is 6.18 Å². The van der Waals surface area contributed by atoms with Crippen molar-refractivity contribution in [3.63, 3.8) is 0 Å². The Labute approximate surface area is 117 Å². The van der Waals surface area contributed by atoms with Crippen molar-refractivity contribution in [2.24, 2.45) is 0 Å². The highest BCUT2D eigenvalue weighted by molar-refractivity contribution is 7.18. The Morgan fingerprint density at radius 1 is 1.05 bits per heavy atom. The molecule has 102 valence electrons. The van der Waals surface area contributed by atoms with E-state index in [-0.39, 0.29) is 5.56 Å². The first-order valence-electron chi connectivity index (χ1n) is 5.99. The van der Waals surface area contributed by atoms with Gasteiger partial charge in [-0.25, -0.2) is 4.98 Å². The molecule has 0 fully saturated rings. The third-order valence-corrected chi connectivity index (χ3v) is 3.96. The third-order valence-electron chi connectivity index (χ3n) is 3.02. The van der Waals surface area contributed by atoms with Gasteiger partial charge in [-0.15, -0.1) is 11.3 Å². The summed E-state index contributed by atoms with van der Waals surface area (Å²) < 4.78 is 40.5. The van der Waals surface area contributed by atoms with E-state index in [1.165, 1.54) is 11.3 Å². The summed E-state index contributed by atoms with van der Waals surface area (Å²) in [4.78, 5) is 4.14. The molecular weight excluding hydrogens is 283 g/mol. The lowest BCUT2D eigenvalue weighted by atomic mass is 9.99. The Hall–Kier alpha value is -1.88. The molecular formula is C15H10F3NS. The minimum Gasteiger partial charge on any atom is -0.241 e. The summed E-state index contributed by atoms with van der Waals surface area (Å²) in [6.07, 6.45) is -4.39. The minimum atomic E-state index is -4.39. The van der Waals surface area contributed by atoms with Gasteiger partial charge in [-0.2, -0.15) is 13.2 Å². The van der Waals surface area contributed by atoms with Crippen LogP contribution in [0.25, 0.3) is 21.3 Å². The summed E-state index contributed by atoms with van der Waals surface area (Å²) in [6, 6.07) is 11.3. The van der Waals surface area contributed by atoms with Crippen LogP contribution in [0.5, 0.6) is 0 Å². The van der Waals surface area contributed by atoms with Crippen LogP contribution in [0.15, 0.2) is 42.5 Å². The fourth-order valence-electron chi connectivity index (χ4n) is 2.18. The van der Waals surface area contributed by atoms with E-state index < -0.39 is 11.7 Å². The number of alkyl halides is 3. The highest BCUT2D eigenvalue weighted by Crippen LogP contribution is 2.40. The molecule has 3 rings (SSSR count). The molecule has 0 saturated heterocycles. The molecule has 0 aliphatic carbocycles. The largest absolute Gasteiger partial charge is 0.417 e. The quantitative estimate of drug-likeness (QED) is 0.594. The van der Waals surface area contributed by atoms with E-state index in [1.54, 1.807) is 43.3 Å². The second-order valence-corrected chi connectivity index (χ2v) is 5.70. The van der Waals surface area contributed by atoms with Gasteiger partial charge in [-0.3, -0.25) is 0 Å². The van der Waals surface area contributed by atoms with E-state index in [2.05, 4.69) is 4.98 Å². The summed E-state index contributed by atoms with van der Waals surface area (Å²) in [5, 5.41) is 0.762. The van der Waals surface area contributed by atoms with Crippen molar-refractivity contribution in [3.8, 4) is 11.1 Å². The number of benzene rings is 2. The van der Waals surface area contributed by atoms with Crippen molar-refractivity contribution in [2.75, 3.05) is 0 Å². The predicted molar refractivity (Wildman–Crippen MR) is 74.8 cm³/mol. The lowest BCUT2D eigenvalue weighted by molar-refractivity contribution is -0.137. The summed E-state index contributed by atoms with van der Waals surface area (Å²) in [5.74, 6) is 0. The second-order valence-electron chi connectivity index (χ2n) is 4.46. The minimum absolute atomic E-state index is 0.203. The average molecular weight is 293 g/mol. The van der Waals surface area contributed by atoms with Crippen molar-refractivity contribution in [1.29, 1.82) is 0 Å². The Kier molecular flexibility index (Phi) is 3.01. The zero-order chi connectivity index (χ0) is 14.3. The van der Waals surface area contributed by atoms with Crippen molar-refractivity contribution >= 4 is 21.6 Å². The lowest BCUT2D eigenvalue weighted by Crippen LogP contribution is -2.07. The standard InChI is InChI=1S/C15H10F3NS/c1-9-19-13-8-12(15(16,17)18)11(7-14(13)20-9)10-5-3-2-4-6-10/h2-8H,1H3. The van der Waals surface area contributed by atoms with Crippen LogP contribution in [-0.4, -0.2) is 4.98 Å². The normalized spacial score (nSPS) is 12.0. The van der Waals surface area contributed by atoms with Crippen LogP contribution in [0, 0.1) is 6.92 Å². The number of aryl methyl sites for hydroxylation is 1. The molecule has 0 bridgehead atoms. The van der Waals surface area contributed by atoms with Crippen LogP contribution < -0.4 is 0 Å². The molecule has 20 heavy (non-hydrogen) atoms. The first-order valence-corrected chi connectivity index (χ1v) is 6.80. The number of aromatic nitrogens is 1. The van der Waals surface area contributed by atoms with Crippen LogP contribution in [0.2, 0.25) is 0 Å². The van der Waals surface area contributed by atoms with Crippen molar-refractivity contribution < 1.29 is 13.2 Å². The monoisotopic (exact) mass is 293 g/mol. The Balaban J connectivity index is 2.33. The molecule has 0 saturated carbocycles. The maximum atomic E-state index is 13.2. The lowest BCUT2D eigenvalue weighted by Gasteiger charge is -2.13. The van der Waals surface area contributed by atoms with E-state index >= 15 is 0 Å². The number of nitrogens with zero attached hydrogens (tertiary/aromatic N) is 1. The van der Waals surface area contributed by atoms with Gasteiger partial charge in [0.15, 0.2) is 0 Å². The Bertz CT molecular complexity index is 760. The molecule has 1 nitrogen and oxygen atoms in total. The molecule has 0 atom stereocenters. The van der Waals surface area contributed by atoms with Crippen LogP contribution in [0.4, 0.5) is 13.2 Å². The molecule has 0 N–H and O–H groups in total. The van der Waals surface area contributed by atoms with Gasteiger partial charge in [-0.1, -0.05) is 30.3 Å². The summed E-state index contributed by atoms with van der Waals surface area (Å²) >= 11 is 1.40. The SMILES string of the molecule is Cc1nc2cc(C(F)(F)F)c(-c3ccccc3)cc2s1. The van der Waals surface area contributed by atoms with Gasteiger partial charge >= 0.3 is 6.18 Å². The first-order chi connectivity index (χ1) is 9.45. The van der Waals surface area contributed by atoms with Crippen LogP contribution in [0.1, 0.15) is 10.6 Å². The first kappa shape index (κ1) is 13.1. The number of fused-ring (bicyclic) bond motifs is 1. The zero-order valence-electron chi connectivity index (χ0n) is 10.5. The molecule has 2 aromatic carbocycles. The summed E-state index contributed by atoms with van der Waals surface area (Å²) in [5.41, 5.74) is 0.531. The predicted octanol–water partition coefficient (Wildman–Crippen LogP) is 5.29. The average Bonchev–Trinajstić information content (AvgIpc) is 2.76. The molecule has 0 spiro atoms. The van der Waals surface area contributed by atoms with Crippen molar-refractivity contribution in [3.05, 3.63) is 53.0 Å². The number of thiazole rings is 1. The number of halogens is 3. The fraction of sp³-hybridized carbons (Fsp3) is 0.133. The van der Waals surface area contributed by atoms with E-state index in [0.717, 1.165) is 15.8 Å². The maximum absolute atomic E-state index is 13.2. The molecule has 0 aliphatic heterocycles. The number of hydrogen-bond acceptors (Lipinski definition) is 2. The highest BCUT2D eigenvalue weighted by Gasteiger charge is 2.34.